The SMILES string of the molecule is C[S+]([O-])Cc1cc(Nc2cc(NC3CC3)n3ncc(C#N)c3n2)ccc1F. The van der Waals surface area contributed by atoms with Gasteiger partial charge in [-0.1, -0.05) is 11.2 Å². The van der Waals surface area contributed by atoms with Crippen molar-refractivity contribution in [3.63, 3.8) is 0 Å². The maximum absolute atomic E-state index is 13.9. The molecule has 0 bridgehead atoms. The van der Waals surface area contributed by atoms with Crippen LogP contribution in [-0.2, 0) is 16.9 Å². The quantitative estimate of drug-likeness (QED) is 0.634. The Balaban J connectivity index is 1.70. The molecule has 1 fully saturated rings. The molecule has 1 aliphatic carbocycles. The van der Waals surface area contributed by atoms with Crippen LogP contribution in [0.3, 0.4) is 0 Å². The van der Waals surface area contributed by atoms with Crippen LogP contribution in [0.5, 0.6) is 0 Å². The van der Waals surface area contributed by atoms with Crippen molar-refractivity contribution in [2.24, 2.45) is 0 Å². The first-order valence-corrected chi connectivity index (χ1v) is 10.2. The molecule has 0 spiro atoms. The van der Waals surface area contributed by atoms with Crippen LogP contribution in [0, 0.1) is 17.1 Å². The molecule has 1 atom stereocenters. The lowest BCUT2D eigenvalue weighted by Crippen LogP contribution is -2.09. The topological polar surface area (TPSA) is 101 Å². The molecular formula is C18H17FN6OS. The van der Waals surface area contributed by atoms with E-state index in [9.17, 15) is 14.2 Å². The van der Waals surface area contributed by atoms with Gasteiger partial charge in [-0.3, -0.25) is 0 Å². The van der Waals surface area contributed by atoms with E-state index in [0.29, 0.717) is 34.3 Å². The Labute approximate surface area is 158 Å². The molecule has 2 aromatic heterocycles. The van der Waals surface area contributed by atoms with Gasteiger partial charge in [-0.25, -0.2) is 9.37 Å². The maximum Gasteiger partial charge on any atom is 0.177 e. The molecule has 0 radical (unpaired) electrons. The lowest BCUT2D eigenvalue weighted by atomic mass is 10.2. The summed E-state index contributed by atoms with van der Waals surface area (Å²) in [6, 6.07) is 8.85. The predicted octanol–water partition coefficient (Wildman–Crippen LogP) is 2.94. The standard InChI is InChI=1S/C18H17FN6OS/c1-27(26)10-11-6-14(4-5-15(11)19)22-16-7-17(23-13-2-3-13)25-18(24-16)12(8-20)9-21-25/h4-7,9,13,23H,2-3,10H2,1H3,(H,22,24). The molecule has 0 amide bonds. The van der Waals surface area contributed by atoms with E-state index in [0.717, 1.165) is 18.7 Å². The number of rotatable bonds is 6. The Kier molecular flexibility index (Phi) is 4.59. The summed E-state index contributed by atoms with van der Waals surface area (Å²) in [5.74, 6) is 1.00. The van der Waals surface area contributed by atoms with Gasteiger partial charge in [0, 0.05) is 23.4 Å². The molecule has 1 aromatic carbocycles. The molecular weight excluding hydrogens is 367 g/mol. The van der Waals surface area contributed by atoms with Crippen molar-refractivity contribution in [2.45, 2.75) is 24.6 Å². The zero-order chi connectivity index (χ0) is 19.0. The van der Waals surface area contributed by atoms with Gasteiger partial charge >= 0.3 is 0 Å². The number of aromatic nitrogens is 3. The number of hydrogen-bond acceptors (Lipinski definition) is 6. The summed E-state index contributed by atoms with van der Waals surface area (Å²) in [4.78, 5) is 4.48. The number of hydrogen-bond donors (Lipinski definition) is 2. The van der Waals surface area contributed by atoms with E-state index < -0.39 is 17.0 Å². The van der Waals surface area contributed by atoms with Crippen LogP contribution in [-0.4, -0.2) is 31.4 Å². The van der Waals surface area contributed by atoms with Crippen LogP contribution < -0.4 is 10.6 Å². The fourth-order valence-corrected chi connectivity index (χ4v) is 3.43. The molecule has 0 saturated heterocycles. The maximum atomic E-state index is 13.9. The van der Waals surface area contributed by atoms with E-state index in [1.54, 1.807) is 22.7 Å². The number of anilines is 3. The van der Waals surface area contributed by atoms with Gasteiger partial charge in [0.05, 0.1) is 12.5 Å². The van der Waals surface area contributed by atoms with E-state index in [-0.39, 0.29) is 5.75 Å². The van der Waals surface area contributed by atoms with Gasteiger partial charge < -0.3 is 15.2 Å². The molecule has 4 rings (SSSR count). The summed E-state index contributed by atoms with van der Waals surface area (Å²) in [6.45, 7) is 0. The highest BCUT2D eigenvalue weighted by atomic mass is 32.2. The van der Waals surface area contributed by atoms with Crippen molar-refractivity contribution < 1.29 is 8.94 Å². The second kappa shape index (κ2) is 7.06. The van der Waals surface area contributed by atoms with Gasteiger partial charge in [-0.05, 0) is 31.0 Å². The zero-order valence-electron chi connectivity index (χ0n) is 14.6. The third kappa shape index (κ3) is 3.82. The van der Waals surface area contributed by atoms with E-state index >= 15 is 0 Å². The molecule has 3 aromatic rings. The minimum Gasteiger partial charge on any atom is -0.616 e. The summed E-state index contributed by atoms with van der Waals surface area (Å²) in [5, 5.41) is 20.0. The van der Waals surface area contributed by atoms with Crippen LogP contribution in [0.1, 0.15) is 24.0 Å². The first kappa shape index (κ1) is 17.6. The van der Waals surface area contributed by atoms with Gasteiger partial charge in [0.15, 0.2) is 5.65 Å². The zero-order valence-corrected chi connectivity index (χ0v) is 15.4. The Morgan fingerprint density at radius 1 is 1.41 bits per heavy atom. The molecule has 1 unspecified atom stereocenters. The Hall–Kier alpha value is -2.83. The largest absolute Gasteiger partial charge is 0.616 e. The Morgan fingerprint density at radius 2 is 2.22 bits per heavy atom. The molecule has 9 heteroatoms. The van der Waals surface area contributed by atoms with Gasteiger partial charge in [-0.15, -0.1) is 0 Å². The highest BCUT2D eigenvalue weighted by Crippen LogP contribution is 2.28. The van der Waals surface area contributed by atoms with Crippen LogP contribution in [0.4, 0.5) is 21.7 Å². The molecule has 0 aliphatic heterocycles. The third-order valence-electron chi connectivity index (χ3n) is 4.20. The van der Waals surface area contributed by atoms with Gasteiger partial charge in [0.25, 0.3) is 0 Å². The number of nitrogens with zero attached hydrogens (tertiary/aromatic N) is 4. The molecule has 138 valence electrons. The lowest BCUT2D eigenvalue weighted by molar-refractivity contribution is 0.591. The van der Waals surface area contributed by atoms with E-state index in [1.165, 1.54) is 18.5 Å². The Morgan fingerprint density at radius 3 is 2.93 bits per heavy atom. The fourth-order valence-electron chi connectivity index (χ4n) is 2.78. The molecule has 2 heterocycles. The smallest absolute Gasteiger partial charge is 0.177 e. The van der Waals surface area contributed by atoms with Crippen LogP contribution in [0.15, 0.2) is 30.5 Å². The second-order valence-electron chi connectivity index (χ2n) is 6.50. The van der Waals surface area contributed by atoms with Crippen LogP contribution in [0.25, 0.3) is 5.65 Å². The number of fused-ring (bicyclic) bond motifs is 1. The second-order valence-corrected chi connectivity index (χ2v) is 7.93. The summed E-state index contributed by atoms with van der Waals surface area (Å²) < 4.78 is 27.0. The van der Waals surface area contributed by atoms with Crippen molar-refractivity contribution in [1.29, 1.82) is 5.26 Å². The van der Waals surface area contributed by atoms with Crippen molar-refractivity contribution in [1.82, 2.24) is 14.6 Å². The van der Waals surface area contributed by atoms with E-state index in [1.807, 2.05) is 0 Å². The molecule has 1 aliphatic rings. The van der Waals surface area contributed by atoms with E-state index in [4.69, 9.17) is 0 Å². The first-order valence-electron chi connectivity index (χ1n) is 8.44. The third-order valence-corrected chi connectivity index (χ3v) is 4.92. The number of nitriles is 1. The summed E-state index contributed by atoms with van der Waals surface area (Å²) in [5.41, 5.74) is 1.82. The molecule has 27 heavy (non-hydrogen) atoms. The Bertz CT molecular complexity index is 1040. The molecule has 2 N–H and O–H groups in total. The number of benzene rings is 1. The lowest BCUT2D eigenvalue weighted by Gasteiger charge is -2.12. The van der Waals surface area contributed by atoms with Gasteiger partial charge in [-0.2, -0.15) is 14.9 Å². The summed E-state index contributed by atoms with van der Waals surface area (Å²) in [7, 11) is 0. The van der Waals surface area contributed by atoms with Crippen molar-refractivity contribution >= 4 is 34.1 Å². The van der Waals surface area contributed by atoms with E-state index in [2.05, 4.69) is 26.8 Å². The number of nitrogens with one attached hydrogen (secondary N) is 2. The normalized spacial score (nSPS) is 14.7. The highest BCUT2D eigenvalue weighted by Gasteiger charge is 2.23. The van der Waals surface area contributed by atoms with Gasteiger partial charge in [0.1, 0.15) is 34.8 Å². The minimum absolute atomic E-state index is 0.142. The van der Waals surface area contributed by atoms with Gasteiger partial charge in [0.2, 0.25) is 0 Å². The molecule has 1 saturated carbocycles. The monoisotopic (exact) mass is 384 g/mol. The average molecular weight is 384 g/mol. The number of halogens is 1. The van der Waals surface area contributed by atoms with Crippen molar-refractivity contribution in [2.75, 3.05) is 16.9 Å². The van der Waals surface area contributed by atoms with Crippen molar-refractivity contribution in [3.05, 3.63) is 47.4 Å². The average Bonchev–Trinajstić information content (AvgIpc) is 3.34. The summed E-state index contributed by atoms with van der Waals surface area (Å²) >= 11 is -1.14. The summed E-state index contributed by atoms with van der Waals surface area (Å²) in [6.07, 6.45) is 5.20. The molecule has 7 nitrogen and oxygen atoms in total. The minimum atomic E-state index is -1.14. The van der Waals surface area contributed by atoms with Crippen molar-refractivity contribution in [3.8, 4) is 6.07 Å². The first-order chi connectivity index (χ1) is 13.0. The fraction of sp³-hybridized carbons (Fsp3) is 0.278. The highest BCUT2D eigenvalue weighted by molar-refractivity contribution is 7.89. The van der Waals surface area contributed by atoms with Crippen LogP contribution >= 0.6 is 0 Å². The van der Waals surface area contributed by atoms with Crippen LogP contribution in [0.2, 0.25) is 0 Å². The predicted molar refractivity (Wildman–Crippen MR) is 102 cm³/mol.